The van der Waals surface area contributed by atoms with Crippen molar-refractivity contribution in [2.45, 2.75) is 65.0 Å². The smallest absolute Gasteiger partial charge is 0.329 e. The first-order valence-corrected chi connectivity index (χ1v) is 7.10. The maximum absolute atomic E-state index is 12.3. The van der Waals surface area contributed by atoms with Crippen molar-refractivity contribution in [1.29, 1.82) is 0 Å². The van der Waals surface area contributed by atoms with Crippen LogP contribution in [0.25, 0.3) is 0 Å². The monoisotopic (exact) mass is 270 g/mol. The third-order valence-corrected chi connectivity index (χ3v) is 4.02. The number of hydrogen-bond acceptors (Lipinski definition) is 2. The van der Waals surface area contributed by atoms with Crippen LogP contribution < -0.4 is 5.32 Å². The summed E-state index contributed by atoms with van der Waals surface area (Å²) in [5, 5.41) is 12.2. The molecule has 1 aliphatic rings. The largest absolute Gasteiger partial charge is 0.480 e. The molecule has 110 valence electrons. The number of nitrogens with zero attached hydrogens (tertiary/aromatic N) is 1. The number of carboxylic acids is 1. The van der Waals surface area contributed by atoms with Crippen molar-refractivity contribution in [3.63, 3.8) is 0 Å². The summed E-state index contributed by atoms with van der Waals surface area (Å²) in [7, 11) is 0. The molecule has 0 saturated heterocycles. The Kier molecular flexibility index (Phi) is 5.20. The van der Waals surface area contributed by atoms with Gasteiger partial charge in [-0.1, -0.05) is 19.8 Å². The van der Waals surface area contributed by atoms with Gasteiger partial charge in [0, 0.05) is 12.6 Å². The minimum atomic E-state index is -1.18. The van der Waals surface area contributed by atoms with E-state index in [0.717, 1.165) is 19.3 Å². The number of carbonyl (C=O) groups is 2. The Morgan fingerprint density at radius 2 is 2.00 bits per heavy atom. The third kappa shape index (κ3) is 3.85. The molecule has 2 unspecified atom stereocenters. The SMILES string of the molecule is CCN(C(=O)NC1CCCC(C)C1)C(C)(C)C(=O)O. The van der Waals surface area contributed by atoms with Crippen molar-refractivity contribution in [2.75, 3.05) is 6.54 Å². The number of carbonyl (C=O) groups excluding carboxylic acids is 1. The van der Waals surface area contributed by atoms with Crippen LogP contribution in [-0.4, -0.2) is 40.1 Å². The van der Waals surface area contributed by atoms with Crippen LogP contribution in [0, 0.1) is 5.92 Å². The van der Waals surface area contributed by atoms with E-state index in [1.54, 1.807) is 20.8 Å². The van der Waals surface area contributed by atoms with Crippen molar-refractivity contribution in [1.82, 2.24) is 10.2 Å². The molecule has 1 fully saturated rings. The molecule has 0 bridgehead atoms. The maximum atomic E-state index is 12.3. The van der Waals surface area contributed by atoms with Crippen LogP contribution in [0.1, 0.15) is 53.4 Å². The lowest BCUT2D eigenvalue weighted by Crippen LogP contribution is -2.57. The van der Waals surface area contributed by atoms with Crippen LogP contribution in [0.2, 0.25) is 0 Å². The van der Waals surface area contributed by atoms with E-state index in [2.05, 4.69) is 12.2 Å². The van der Waals surface area contributed by atoms with E-state index >= 15 is 0 Å². The lowest BCUT2D eigenvalue weighted by atomic mass is 9.87. The number of carboxylic acid groups (broad SMARTS) is 1. The Labute approximate surface area is 115 Å². The summed E-state index contributed by atoms with van der Waals surface area (Å²) in [6.07, 6.45) is 4.31. The molecule has 1 aliphatic carbocycles. The van der Waals surface area contributed by atoms with Crippen LogP contribution in [-0.2, 0) is 4.79 Å². The van der Waals surface area contributed by atoms with E-state index in [-0.39, 0.29) is 12.1 Å². The summed E-state index contributed by atoms with van der Waals surface area (Å²) in [6.45, 7) is 7.49. The average Bonchev–Trinajstić information content (AvgIpc) is 2.29. The van der Waals surface area contributed by atoms with E-state index in [4.69, 9.17) is 0 Å². The molecular weight excluding hydrogens is 244 g/mol. The highest BCUT2D eigenvalue weighted by Gasteiger charge is 2.37. The Bertz CT molecular complexity index is 342. The second-order valence-corrected chi connectivity index (χ2v) is 6.03. The zero-order valence-electron chi connectivity index (χ0n) is 12.4. The van der Waals surface area contributed by atoms with Crippen LogP contribution in [0.15, 0.2) is 0 Å². The number of aliphatic carboxylic acids is 1. The first-order chi connectivity index (χ1) is 8.78. The van der Waals surface area contributed by atoms with Crippen LogP contribution >= 0.6 is 0 Å². The molecule has 0 heterocycles. The van der Waals surface area contributed by atoms with Gasteiger partial charge >= 0.3 is 12.0 Å². The summed E-state index contributed by atoms with van der Waals surface area (Å²) in [4.78, 5) is 24.9. The molecular formula is C14H26N2O3. The van der Waals surface area contributed by atoms with Crippen molar-refractivity contribution in [2.24, 2.45) is 5.92 Å². The molecule has 19 heavy (non-hydrogen) atoms. The fraction of sp³-hybridized carbons (Fsp3) is 0.857. The second kappa shape index (κ2) is 6.26. The molecule has 0 aromatic rings. The van der Waals surface area contributed by atoms with E-state index < -0.39 is 11.5 Å². The van der Waals surface area contributed by atoms with Crippen molar-refractivity contribution >= 4 is 12.0 Å². The first kappa shape index (κ1) is 15.8. The molecule has 5 heteroatoms. The van der Waals surface area contributed by atoms with Gasteiger partial charge in [-0.3, -0.25) is 0 Å². The third-order valence-electron chi connectivity index (χ3n) is 4.02. The van der Waals surface area contributed by atoms with Gasteiger partial charge in [-0.05, 0) is 39.5 Å². The quantitative estimate of drug-likeness (QED) is 0.824. The summed E-state index contributed by atoms with van der Waals surface area (Å²) in [6, 6.07) is -0.0936. The molecule has 0 aliphatic heterocycles. The molecule has 5 nitrogen and oxygen atoms in total. The highest BCUT2D eigenvalue weighted by Crippen LogP contribution is 2.24. The number of hydrogen-bond donors (Lipinski definition) is 2. The van der Waals surface area contributed by atoms with Crippen LogP contribution in [0.4, 0.5) is 4.79 Å². The standard InChI is InChI=1S/C14H26N2O3/c1-5-16(14(3,4)12(17)18)13(19)15-11-8-6-7-10(2)9-11/h10-11H,5-9H2,1-4H3,(H,15,19)(H,17,18). The van der Waals surface area contributed by atoms with E-state index in [1.165, 1.54) is 11.3 Å². The molecule has 2 N–H and O–H groups in total. The van der Waals surface area contributed by atoms with Crippen molar-refractivity contribution in [3.05, 3.63) is 0 Å². The van der Waals surface area contributed by atoms with Gasteiger partial charge in [-0.2, -0.15) is 0 Å². The number of likely N-dealkylation sites (N-methyl/N-ethyl adjacent to an activating group) is 1. The minimum absolute atomic E-state index is 0.176. The average molecular weight is 270 g/mol. The molecule has 0 spiro atoms. The molecule has 0 aromatic heterocycles. The topological polar surface area (TPSA) is 69.6 Å². The molecule has 0 radical (unpaired) electrons. The lowest BCUT2D eigenvalue weighted by molar-refractivity contribution is -0.147. The van der Waals surface area contributed by atoms with Gasteiger partial charge in [0.05, 0.1) is 0 Å². The van der Waals surface area contributed by atoms with Gasteiger partial charge in [-0.15, -0.1) is 0 Å². The zero-order chi connectivity index (χ0) is 14.6. The fourth-order valence-corrected chi connectivity index (χ4v) is 2.73. The predicted octanol–water partition coefficient (Wildman–Crippen LogP) is 2.46. The normalized spacial score (nSPS) is 23.8. The Morgan fingerprint density at radius 1 is 1.37 bits per heavy atom. The van der Waals surface area contributed by atoms with E-state index in [9.17, 15) is 14.7 Å². The lowest BCUT2D eigenvalue weighted by Gasteiger charge is -2.36. The number of amides is 2. The van der Waals surface area contributed by atoms with Crippen molar-refractivity contribution in [3.8, 4) is 0 Å². The fourth-order valence-electron chi connectivity index (χ4n) is 2.73. The van der Waals surface area contributed by atoms with Gasteiger partial charge in [0.1, 0.15) is 5.54 Å². The minimum Gasteiger partial charge on any atom is -0.480 e. The Balaban J connectivity index is 2.66. The zero-order valence-corrected chi connectivity index (χ0v) is 12.4. The van der Waals surface area contributed by atoms with Gasteiger partial charge in [-0.25, -0.2) is 9.59 Å². The molecule has 2 atom stereocenters. The number of urea groups is 1. The highest BCUT2D eigenvalue weighted by molar-refractivity contribution is 5.85. The molecule has 2 amide bonds. The van der Waals surface area contributed by atoms with Crippen LogP contribution in [0.5, 0.6) is 0 Å². The summed E-state index contributed by atoms with van der Waals surface area (Å²) < 4.78 is 0. The first-order valence-electron chi connectivity index (χ1n) is 7.10. The number of nitrogens with one attached hydrogen (secondary N) is 1. The van der Waals surface area contributed by atoms with Gasteiger partial charge < -0.3 is 15.3 Å². The molecule has 0 aromatic carbocycles. The maximum Gasteiger partial charge on any atom is 0.329 e. The van der Waals surface area contributed by atoms with Gasteiger partial charge in [0.25, 0.3) is 0 Å². The van der Waals surface area contributed by atoms with E-state index in [0.29, 0.717) is 12.5 Å². The molecule has 1 rings (SSSR count). The summed E-state index contributed by atoms with van der Waals surface area (Å²) >= 11 is 0. The molecule has 1 saturated carbocycles. The Morgan fingerprint density at radius 3 is 2.47 bits per heavy atom. The second-order valence-electron chi connectivity index (χ2n) is 6.03. The summed E-state index contributed by atoms with van der Waals surface area (Å²) in [5.74, 6) is -0.358. The number of rotatable bonds is 4. The van der Waals surface area contributed by atoms with Crippen molar-refractivity contribution < 1.29 is 14.7 Å². The van der Waals surface area contributed by atoms with Gasteiger partial charge in [0.15, 0.2) is 0 Å². The summed E-state index contributed by atoms with van der Waals surface area (Å²) in [5.41, 5.74) is -1.18. The highest BCUT2D eigenvalue weighted by atomic mass is 16.4. The van der Waals surface area contributed by atoms with Gasteiger partial charge in [0.2, 0.25) is 0 Å². The Hall–Kier alpha value is -1.26. The predicted molar refractivity (Wildman–Crippen MR) is 74.0 cm³/mol. The van der Waals surface area contributed by atoms with E-state index in [1.807, 2.05) is 0 Å². The van der Waals surface area contributed by atoms with Crippen LogP contribution in [0.3, 0.4) is 0 Å².